The molecule has 3 aromatic rings. The molecule has 0 unspecified atom stereocenters. The first-order chi connectivity index (χ1) is 13.7. The first kappa shape index (κ1) is 17.9. The van der Waals surface area contributed by atoms with E-state index >= 15 is 0 Å². The molecule has 5 heteroatoms. The summed E-state index contributed by atoms with van der Waals surface area (Å²) in [5, 5.41) is 12.7. The maximum absolute atomic E-state index is 13.1. The number of carbonyl (C=O) groups is 1. The molecule has 2 aromatic carbocycles. The van der Waals surface area contributed by atoms with Gasteiger partial charge in [-0.1, -0.05) is 48.5 Å². The Morgan fingerprint density at radius 1 is 1.07 bits per heavy atom. The molecule has 1 aliphatic rings. The summed E-state index contributed by atoms with van der Waals surface area (Å²) in [5.74, 6) is -0.0480. The summed E-state index contributed by atoms with van der Waals surface area (Å²) in [6.07, 6.45) is 2.32. The predicted octanol–water partition coefficient (Wildman–Crippen LogP) is 3.73. The van der Waals surface area contributed by atoms with Gasteiger partial charge in [0.15, 0.2) is 0 Å². The Bertz CT molecular complexity index is 1070. The zero-order chi connectivity index (χ0) is 19.5. The molecular weight excluding hydrogens is 348 g/mol. The van der Waals surface area contributed by atoms with Crippen molar-refractivity contribution >= 4 is 28.2 Å². The summed E-state index contributed by atoms with van der Waals surface area (Å²) in [7, 11) is 1.88. The van der Waals surface area contributed by atoms with E-state index in [1.807, 2.05) is 61.6 Å². The highest BCUT2D eigenvalue weighted by atomic mass is 16.2. The van der Waals surface area contributed by atoms with E-state index in [9.17, 15) is 4.79 Å². The monoisotopic (exact) mass is 370 g/mol. The Morgan fingerprint density at radius 3 is 2.57 bits per heavy atom. The van der Waals surface area contributed by atoms with Crippen LogP contribution in [0.25, 0.3) is 16.6 Å². The number of aromatic nitrogens is 1. The molecule has 1 aromatic heterocycles. The summed E-state index contributed by atoms with van der Waals surface area (Å²) < 4.78 is 0. The van der Waals surface area contributed by atoms with Crippen molar-refractivity contribution in [1.82, 2.24) is 15.2 Å². The molecule has 4 rings (SSSR count). The maximum Gasteiger partial charge on any atom is 0.254 e. The molecule has 0 bridgehead atoms. The van der Waals surface area contributed by atoms with Gasteiger partial charge in [0.2, 0.25) is 0 Å². The quantitative estimate of drug-likeness (QED) is 0.738. The van der Waals surface area contributed by atoms with Crippen LogP contribution in [-0.4, -0.2) is 41.6 Å². The van der Waals surface area contributed by atoms with Gasteiger partial charge in [0.25, 0.3) is 5.91 Å². The van der Waals surface area contributed by atoms with E-state index in [4.69, 9.17) is 5.41 Å². The summed E-state index contributed by atoms with van der Waals surface area (Å²) in [4.78, 5) is 19.2. The lowest BCUT2D eigenvalue weighted by atomic mass is 9.95. The molecule has 0 aliphatic carbocycles. The summed E-state index contributed by atoms with van der Waals surface area (Å²) in [5.41, 5.74) is 4.92. The Labute approximate surface area is 164 Å². The number of fused-ring (bicyclic) bond motifs is 1. The van der Waals surface area contributed by atoms with E-state index in [-0.39, 0.29) is 5.91 Å². The molecular formula is C23H22N4O. The van der Waals surface area contributed by atoms with Crippen LogP contribution in [0.3, 0.4) is 0 Å². The van der Waals surface area contributed by atoms with Crippen molar-refractivity contribution in [2.24, 2.45) is 0 Å². The van der Waals surface area contributed by atoms with Gasteiger partial charge in [-0.05, 0) is 24.1 Å². The number of benzene rings is 2. The average molecular weight is 370 g/mol. The van der Waals surface area contributed by atoms with Crippen LogP contribution in [0, 0.1) is 5.41 Å². The third kappa shape index (κ3) is 3.27. The van der Waals surface area contributed by atoms with Crippen LogP contribution in [0.5, 0.6) is 0 Å². The number of nitrogens with zero attached hydrogens (tertiary/aromatic N) is 2. The molecule has 1 saturated heterocycles. The Balaban J connectivity index is 1.61. The van der Waals surface area contributed by atoms with Crippen LogP contribution < -0.4 is 5.32 Å². The van der Waals surface area contributed by atoms with Crippen molar-refractivity contribution in [3.63, 3.8) is 0 Å². The standard InChI is InChI=1S/C23H22N4O/c1-25-22(16-7-3-2-4-8-16)19-12-14-27(15-20(19)24)23(28)18-11-13-26-21-10-6-5-9-17(18)21/h2-11,13,24-25H,12,14-15H2,1H3/b22-19-,24-20?. The van der Waals surface area contributed by atoms with Gasteiger partial charge in [-0.3, -0.25) is 9.78 Å². The van der Waals surface area contributed by atoms with Gasteiger partial charge in [0, 0.05) is 36.4 Å². The molecule has 1 fully saturated rings. The molecule has 1 aliphatic heterocycles. The molecule has 2 N–H and O–H groups in total. The summed E-state index contributed by atoms with van der Waals surface area (Å²) >= 11 is 0. The van der Waals surface area contributed by atoms with Crippen molar-refractivity contribution in [2.75, 3.05) is 20.1 Å². The van der Waals surface area contributed by atoms with Gasteiger partial charge in [0.05, 0.1) is 23.3 Å². The fourth-order valence-corrected chi connectivity index (χ4v) is 3.74. The number of hydrogen-bond acceptors (Lipinski definition) is 4. The van der Waals surface area contributed by atoms with Gasteiger partial charge in [0.1, 0.15) is 0 Å². The fourth-order valence-electron chi connectivity index (χ4n) is 3.74. The van der Waals surface area contributed by atoms with E-state index in [1.165, 1.54) is 0 Å². The molecule has 0 saturated carbocycles. The lowest BCUT2D eigenvalue weighted by Crippen LogP contribution is -2.41. The largest absolute Gasteiger partial charge is 0.387 e. The summed E-state index contributed by atoms with van der Waals surface area (Å²) in [6.45, 7) is 0.897. The Kier molecular flexibility index (Phi) is 4.89. The molecule has 140 valence electrons. The predicted molar refractivity (Wildman–Crippen MR) is 112 cm³/mol. The molecule has 2 heterocycles. The number of rotatable bonds is 3. The number of amides is 1. The zero-order valence-corrected chi connectivity index (χ0v) is 15.8. The molecule has 1 amide bonds. The first-order valence-corrected chi connectivity index (χ1v) is 9.36. The van der Waals surface area contributed by atoms with Crippen LogP contribution in [-0.2, 0) is 0 Å². The lowest BCUT2D eigenvalue weighted by molar-refractivity contribution is 0.0777. The van der Waals surface area contributed by atoms with E-state index in [0.29, 0.717) is 30.8 Å². The van der Waals surface area contributed by atoms with Crippen molar-refractivity contribution in [1.29, 1.82) is 5.41 Å². The molecule has 0 spiro atoms. The van der Waals surface area contributed by atoms with E-state index in [2.05, 4.69) is 10.3 Å². The smallest absolute Gasteiger partial charge is 0.254 e. The second-order valence-electron chi connectivity index (χ2n) is 6.80. The topological polar surface area (TPSA) is 69.1 Å². The molecule has 0 radical (unpaired) electrons. The van der Waals surface area contributed by atoms with E-state index < -0.39 is 0 Å². The van der Waals surface area contributed by atoms with Crippen molar-refractivity contribution in [3.8, 4) is 0 Å². The third-order valence-corrected chi connectivity index (χ3v) is 5.13. The number of likely N-dealkylation sites (tertiary alicyclic amines) is 1. The van der Waals surface area contributed by atoms with E-state index in [0.717, 1.165) is 27.7 Å². The van der Waals surface area contributed by atoms with E-state index in [1.54, 1.807) is 17.2 Å². The highest BCUT2D eigenvalue weighted by Gasteiger charge is 2.27. The number of carbonyl (C=O) groups excluding carboxylic acids is 1. The maximum atomic E-state index is 13.1. The van der Waals surface area contributed by atoms with Gasteiger partial charge < -0.3 is 15.6 Å². The summed E-state index contributed by atoms with van der Waals surface area (Å²) in [6, 6.07) is 19.5. The van der Waals surface area contributed by atoms with Crippen LogP contribution in [0.2, 0.25) is 0 Å². The molecule has 28 heavy (non-hydrogen) atoms. The van der Waals surface area contributed by atoms with Gasteiger partial charge in [-0.2, -0.15) is 0 Å². The van der Waals surface area contributed by atoms with Crippen LogP contribution in [0.15, 0.2) is 72.4 Å². The Hall–Kier alpha value is -3.47. The van der Waals surface area contributed by atoms with Crippen LogP contribution in [0.1, 0.15) is 22.3 Å². The van der Waals surface area contributed by atoms with Crippen molar-refractivity contribution in [2.45, 2.75) is 6.42 Å². The number of nitrogens with one attached hydrogen (secondary N) is 2. The fraction of sp³-hybridized carbons (Fsp3) is 0.174. The van der Waals surface area contributed by atoms with Gasteiger partial charge in [-0.15, -0.1) is 0 Å². The first-order valence-electron chi connectivity index (χ1n) is 9.36. The van der Waals surface area contributed by atoms with Crippen molar-refractivity contribution < 1.29 is 4.79 Å². The third-order valence-electron chi connectivity index (χ3n) is 5.13. The van der Waals surface area contributed by atoms with Crippen LogP contribution >= 0.6 is 0 Å². The highest BCUT2D eigenvalue weighted by Crippen LogP contribution is 2.25. The second kappa shape index (κ2) is 7.64. The molecule has 5 nitrogen and oxygen atoms in total. The number of hydrogen-bond donors (Lipinski definition) is 2. The minimum atomic E-state index is -0.0480. The van der Waals surface area contributed by atoms with Crippen molar-refractivity contribution in [3.05, 3.63) is 83.6 Å². The number of piperidine rings is 1. The normalized spacial score (nSPS) is 16.2. The Morgan fingerprint density at radius 2 is 1.82 bits per heavy atom. The minimum Gasteiger partial charge on any atom is -0.387 e. The van der Waals surface area contributed by atoms with Gasteiger partial charge >= 0.3 is 0 Å². The SMILES string of the molecule is CN/C(=C1/CCN(C(=O)c2ccnc3ccccc23)CC1=N)c1ccccc1. The van der Waals surface area contributed by atoms with Crippen LogP contribution in [0.4, 0.5) is 0 Å². The lowest BCUT2D eigenvalue weighted by Gasteiger charge is -2.31. The highest BCUT2D eigenvalue weighted by molar-refractivity contribution is 6.11. The average Bonchev–Trinajstić information content (AvgIpc) is 2.75. The second-order valence-corrected chi connectivity index (χ2v) is 6.80. The van der Waals surface area contributed by atoms with Gasteiger partial charge in [-0.25, -0.2) is 0 Å². The zero-order valence-electron chi connectivity index (χ0n) is 15.8. The number of pyridine rings is 1. The minimum absolute atomic E-state index is 0.0480. The number of para-hydroxylation sites is 1. The molecule has 0 atom stereocenters.